The van der Waals surface area contributed by atoms with E-state index in [9.17, 15) is 0 Å². The molecule has 1 unspecified atom stereocenters. The molecule has 0 bridgehead atoms. The van der Waals surface area contributed by atoms with Crippen LogP contribution in [0.15, 0.2) is 0 Å². The molecule has 1 atom stereocenters. The molecule has 0 aromatic rings. The van der Waals surface area contributed by atoms with Gasteiger partial charge in [-0.2, -0.15) is 0 Å². The molecule has 3 aliphatic heterocycles. The quantitative estimate of drug-likeness (QED) is 0.608. The van der Waals surface area contributed by atoms with Gasteiger partial charge in [-0.3, -0.25) is 4.90 Å². The molecule has 0 amide bonds. The standard InChI is InChI=1S/C25H47FN4O/c1-3-28-12-4-5-22(19-28)20-29-15-17-30(18-16-29)21-25(26)10-6-23(7-11-25)31-24-8-13-27(2)14-9-24/h22-24H,3-21H2,1-2H3. The van der Waals surface area contributed by atoms with Crippen molar-refractivity contribution in [2.24, 2.45) is 5.92 Å². The highest BCUT2D eigenvalue weighted by atomic mass is 19.1. The Morgan fingerprint density at radius 2 is 1.45 bits per heavy atom. The number of piperidine rings is 2. The van der Waals surface area contributed by atoms with E-state index in [1.54, 1.807) is 0 Å². The lowest BCUT2D eigenvalue weighted by atomic mass is 9.84. The predicted molar refractivity (Wildman–Crippen MR) is 125 cm³/mol. The van der Waals surface area contributed by atoms with Gasteiger partial charge in [-0.15, -0.1) is 0 Å². The number of hydrogen-bond acceptors (Lipinski definition) is 5. The molecule has 0 spiro atoms. The van der Waals surface area contributed by atoms with Crippen LogP contribution in [0.1, 0.15) is 58.3 Å². The fourth-order valence-corrected chi connectivity index (χ4v) is 6.28. The van der Waals surface area contributed by atoms with Crippen molar-refractivity contribution < 1.29 is 9.13 Å². The van der Waals surface area contributed by atoms with E-state index in [-0.39, 0.29) is 6.10 Å². The summed E-state index contributed by atoms with van der Waals surface area (Å²) in [6.07, 6.45) is 8.85. The lowest BCUT2D eigenvalue weighted by Gasteiger charge is -2.43. The summed E-state index contributed by atoms with van der Waals surface area (Å²) < 4.78 is 21.9. The number of halogens is 1. The summed E-state index contributed by atoms with van der Waals surface area (Å²) in [4.78, 5) is 10.0. The van der Waals surface area contributed by atoms with E-state index in [0.717, 1.165) is 70.9 Å². The van der Waals surface area contributed by atoms with Crippen LogP contribution in [0.5, 0.6) is 0 Å². The molecule has 4 aliphatic rings. The van der Waals surface area contributed by atoms with Crippen LogP contribution >= 0.6 is 0 Å². The van der Waals surface area contributed by atoms with Crippen molar-refractivity contribution in [1.29, 1.82) is 0 Å². The van der Waals surface area contributed by atoms with Crippen molar-refractivity contribution in [2.45, 2.75) is 76.2 Å². The van der Waals surface area contributed by atoms with E-state index in [0.29, 0.717) is 25.5 Å². The molecule has 180 valence electrons. The molecule has 0 aromatic heterocycles. The summed E-state index contributed by atoms with van der Waals surface area (Å²) in [5.41, 5.74) is -1.00. The van der Waals surface area contributed by atoms with Gasteiger partial charge in [0, 0.05) is 58.9 Å². The van der Waals surface area contributed by atoms with Crippen LogP contribution in [-0.4, -0.2) is 117 Å². The van der Waals surface area contributed by atoms with E-state index in [2.05, 4.69) is 33.6 Å². The van der Waals surface area contributed by atoms with E-state index in [4.69, 9.17) is 4.74 Å². The highest BCUT2D eigenvalue weighted by Crippen LogP contribution is 2.35. The molecular formula is C25H47FN4O. The van der Waals surface area contributed by atoms with Gasteiger partial charge in [0.2, 0.25) is 0 Å². The van der Waals surface area contributed by atoms with Gasteiger partial charge in [0.05, 0.1) is 12.2 Å². The SMILES string of the molecule is CCN1CCCC(CN2CCN(CC3(F)CCC(OC4CCN(C)CC4)CC3)CC2)C1. The van der Waals surface area contributed by atoms with Crippen molar-refractivity contribution in [2.75, 3.05) is 79.0 Å². The molecule has 1 aliphatic carbocycles. The molecular weight excluding hydrogens is 391 g/mol. The topological polar surface area (TPSA) is 22.2 Å². The van der Waals surface area contributed by atoms with Crippen LogP contribution in [0.3, 0.4) is 0 Å². The van der Waals surface area contributed by atoms with Crippen LogP contribution in [0.4, 0.5) is 4.39 Å². The molecule has 0 radical (unpaired) electrons. The number of piperazine rings is 1. The minimum Gasteiger partial charge on any atom is -0.375 e. The molecule has 5 nitrogen and oxygen atoms in total. The fraction of sp³-hybridized carbons (Fsp3) is 1.00. The van der Waals surface area contributed by atoms with Crippen molar-refractivity contribution in [1.82, 2.24) is 19.6 Å². The Kier molecular flexibility index (Phi) is 8.65. The maximum atomic E-state index is 15.6. The molecule has 6 heteroatoms. The van der Waals surface area contributed by atoms with Gasteiger partial charge in [0.25, 0.3) is 0 Å². The Bertz CT molecular complexity index is 526. The molecule has 4 rings (SSSR count). The second-order valence-electron chi connectivity index (χ2n) is 11.0. The first-order valence-corrected chi connectivity index (χ1v) is 13.2. The first-order valence-electron chi connectivity index (χ1n) is 13.2. The first-order chi connectivity index (χ1) is 15.0. The largest absolute Gasteiger partial charge is 0.375 e. The van der Waals surface area contributed by atoms with Gasteiger partial charge in [-0.05, 0) is 77.4 Å². The van der Waals surface area contributed by atoms with Crippen LogP contribution < -0.4 is 0 Å². The summed E-state index contributed by atoms with van der Waals surface area (Å²) in [6.45, 7) is 14.4. The van der Waals surface area contributed by atoms with Crippen LogP contribution in [0.25, 0.3) is 0 Å². The predicted octanol–water partition coefficient (Wildman–Crippen LogP) is 3.10. The molecule has 31 heavy (non-hydrogen) atoms. The van der Waals surface area contributed by atoms with Gasteiger partial charge in [0.15, 0.2) is 0 Å². The molecule has 0 aromatic carbocycles. The third kappa shape index (κ3) is 7.10. The van der Waals surface area contributed by atoms with E-state index >= 15 is 4.39 Å². The summed E-state index contributed by atoms with van der Waals surface area (Å²) in [7, 11) is 2.18. The van der Waals surface area contributed by atoms with Gasteiger partial charge < -0.3 is 19.4 Å². The second kappa shape index (κ2) is 11.2. The number of alkyl halides is 1. The summed E-state index contributed by atoms with van der Waals surface area (Å²) in [5, 5.41) is 0. The highest BCUT2D eigenvalue weighted by Gasteiger charge is 2.38. The number of hydrogen-bond donors (Lipinski definition) is 0. The molecule has 3 saturated heterocycles. The smallest absolute Gasteiger partial charge is 0.123 e. The van der Waals surface area contributed by atoms with Gasteiger partial charge >= 0.3 is 0 Å². The zero-order chi connectivity index (χ0) is 21.7. The number of likely N-dealkylation sites (tertiary alicyclic amines) is 2. The Hall–Kier alpha value is -0.270. The lowest BCUT2D eigenvalue weighted by molar-refractivity contribution is -0.0791. The monoisotopic (exact) mass is 438 g/mol. The Labute approximate surface area is 190 Å². The van der Waals surface area contributed by atoms with Gasteiger partial charge in [0.1, 0.15) is 5.67 Å². The van der Waals surface area contributed by atoms with Crippen LogP contribution in [-0.2, 0) is 4.74 Å². The third-order valence-electron chi connectivity index (χ3n) is 8.42. The maximum Gasteiger partial charge on any atom is 0.123 e. The Morgan fingerprint density at radius 1 is 0.806 bits per heavy atom. The highest BCUT2D eigenvalue weighted by molar-refractivity contribution is 4.91. The van der Waals surface area contributed by atoms with Crippen molar-refractivity contribution in [3.8, 4) is 0 Å². The van der Waals surface area contributed by atoms with E-state index in [1.807, 2.05) is 0 Å². The van der Waals surface area contributed by atoms with Crippen LogP contribution in [0.2, 0.25) is 0 Å². The molecule has 3 heterocycles. The number of rotatable bonds is 7. The number of ether oxygens (including phenoxy) is 1. The van der Waals surface area contributed by atoms with Crippen molar-refractivity contribution >= 4 is 0 Å². The first kappa shape index (κ1) is 23.9. The second-order valence-corrected chi connectivity index (χ2v) is 11.0. The maximum absolute atomic E-state index is 15.6. The Morgan fingerprint density at radius 3 is 2.13 bits per heavy atom. The average molecular weight is 439 g/mol. The summed E-state index contributed by atoms with van der Waals surface area (Å²) in [6, 6.07) is 0. The molecule has 1 saturated carbocycles. The van der Waals surface area contributed by atoms with Gasteiger partial charge in [-0.25, -0.2) is 4.39 Å². The van der Waals surface area contributed by atoms with E-state index < -0.39 is 5.67 Å². The minimum atomic E-state index is -1.00. The lowest BCUT2D eigenvalue weighted by Crippen LogP contribution is -2.53. The third-order valence-corrected chi connectivity index (χ3v) is 8.42. The average Bonchev–Trinajstić information content (AvgIpc) is 2.78. The molecule has 4 fully saturated rings. The van der Waals surface area contributed by atoms with Crippen molar-refractivity contribution in [3.63, 3.8) is 0 Å². The normalized spacial score (nSPS) is 36.1. The molecule has 0 N–H and O–H groups in total. The Balaban J connectivity index is 1.13. The number of nitrogens with zero attached hydrogens (tertiary/aromatic N) is 4. The zero-order valence-corrected chi connectivity index (χ0v) is 20.2. The minimum absolute atomic E-state index is 0.285. The zero-order valence-electron chi connectivity index (χ0n) is 20.2. The fourth-order valence-electron chi connectivity index (χ4n) is 6.28. The van der Waals surface area contributed by atoms with E-state index in [1.165, 1.54) is 39.0 Å². The van der Waals surface area contributed by atoms with Crippen molar-refractivity contribution in [3.05, 3.63) is 0 Å². The summed E-state index contributed by atoms with van der Waals surface area (Å²) >= 11 is 0. The van der Waals surface area contributed by atoms with Gasteiger partial charge in [-0.1, -0.05) is 6.92 Å². The van der Waals surface area contributed by atoms with Crippen LogP contribution in [0, 0.1) is 5.92 Å². The summed E-state index contributed by atoms with van der Waals surface area (Å²) in [5.74, 6) is 0.826.